The summed E-state index contributed by atoms with van der Waals surface area (Å²) < 4.78 is 82.0. The third-order valence-electron chi connectivity index (χ3n) is 12.3. The zero-order valence-electron chi connectivity index (χ0n) is 51.2. The minimum absolute atomic E-state index is 0.0334. The van der Waals surface area contributed by atoms with E-state index in [4.69, 9.17) is 22.6 Å². The molecule has 0 saturated heterocycles. The van der Waals surface area contributed by atoms with Gasteiger partial charge in [-0.05, 0) is 80.8 Å². The number of hydrogen-bond donors (Lipinski definition) is 2. The highest BCUT2D eigenvalue weighted by Crippen LogP contribution is 2.48. The summed E-state index contributed by atoms with van der Waals surface area (Å²) in [5.74, 6) is 1.77. The van der Waals surface area contributed by atoms with E-state index in [9.17, 15) is 31.2 Å². The molecular weight excluding hydrogens is 1130 g/mol. The van der Waals surface area contributed by atoms with Crippen molar-refractivity contribution in [3.8, 4) is 12.3 Å². The number of nitrogens with one attached hydrogen (secondary N) is 1. The van der Waals surface area contributed by atoms with Crippen molar-refractivity contribution in [3.63, 3.8) is 0 Å². The Hall–Kier alpha value is -4.35. The quantitative estimate of drug-likeness (QED) is 0.0123. The van der Waals surface area contributed by atoms with E-state index in [-0.39, 0.29) is 40.1 Å². The molecule has 0 saturated carbocycles. The maximum Gasteiger partial charge on any atom is 0.272 e. The number of anilines is 1. The summed E-state index contributed by atoms with van der Waals surface area (Å²) in [5.41, 5.74) is 5.18. The number of rotatable bonds is 36. The molecule has 0 fully saturated rings. The normalized spacial score (nSPS) is 14.0. The summed E-state index contributed by atoms with van der Waals surface area (Å²) in [4.78, 5) is 39.6. The summed E-state index contributed by atoms with van der Waals surface area (Å²) in [6.45, 7) is 26.9. The van der Waals surface area contributed by atoms with Crippen LogP contribution in [0, 0.1) is 12.3 Å². The van der Waals surface area contributed by atoms with Crippen LogP contribution in [0.25, 0.3) is 0 Å². The lowest BCUT2D eigenvalue weighted by Crippen LogP contribution is -2.80. The van der Waals surface area contributed by atoms with Gasteiger partial charge in [-0.3, -0.25) is 27.6 Å². The molecule has 4 rings (SSSR count). The van der Waals surface area contributed by atoms with E-state index in [1.54, 1.807) is 27.2 Å². The van der Waals surface area contributed by atoms with Crippen LogP contribution in [0.4, 0.5) is 11.4 Å². The first kappa shape index (κ1) is 77.7. The van der Waals surface area contributed by atoms with Gasteiger partial charge in [0.1, 0.15) is 11.4 Å². The monoisotopic (exact) mass is 1230 g/mol. The Bertz CT molecular complexity index is 2530. The first-order chi connectivity index (χ1) is 39.1. The van der Waals surface area contributed by atoms with Crippen molar-refractivity contribution < 1.29 is 67.5 Å². The maximum absolute atomic E-state index is 11.7. The van der Waals surface area contributed by atoms with Crippen LogP contribution in [0.1, 0.15) is 125 Å². The zero-order valence-corrected chi connectivity index (χ0v) is 54.4. The van der Waals surface area contributed by atoms with E-state index >= 15 is 0 Å². The van der Waals surface area contributed by atoms with Crippen LogP contribution in [-0.2, 0) is 76.4 Å². The van der Waals surface area contributed by atoms with E-state index in [2.05, 4.69) is 90.3 Å². The van der Waals surface area contributed by atoms with Gasteiger partial charge in [0, 0.05) is 114 Å². The largest absolute Gasteiger partial charge is 0.379 e. The molecule has 3 N–H and O–H groups in total. The molecule has 82 heavy (non-hydrogen) atoms. The van der Waals surface area contributed by atoms with Crippen molar-refractivity contribution in [2.75, 3.05) is 111 Å². The van der Waals surface area contributed by atoms with Gasteiger partial charge in [0.15, 0.2) is 0 Å². The van der Waals surface area contributed by atoms with Gasteiger partial charge in [0.05, 0.1) is 67.2 Å². The Kier molecular flexibility index (Phi) is 41.8. The lowest BCUT2D eigenvalue weighted by molar-refractivity contribution is -0.567. The van der Waals surface area contributed by atoms with Gasteiger partial charge < -0.3 is 38.1 Å². The molecule has 0 aliphatic carbocycles. The fraction of sp³-hybridized carbons (Fsp3) is 0.583. The smallest absolute Gasteiger partial charge is 0.272 e. The standard InChI is InChI=1S/C21H36N2O6.C18H27NO4S2.C16H23NO4S2.C3H4.C2H6/c1-2-3-4-5-8-19(24)22-11-6-13-27-15-17-29-18-16-28-14-7-12-23-20(25)9-10-21(23)26;1-6-7-8-11-18(2,3)16-14-15(24-22-4)9-10-17(16)19-12-13-25(20,21)23-5;1-6-15-16(2,3)13-11-12(22-20-4)7-8-14(13)17(15)9-10-23(18,19)21-5;1-3-2;1-2/h9-10H,2-8,11-18H2,1H3,(H,22,24);6-10,14,19H,1,11-13H2,2-5H3;6-8,11H,9-10H2,1-5H3;1H,2H3;1-2H3/p+1/b;8-7+;;;. The maximum atomic E-state index is 11.7. The van der Waals surface area contributed by atoms with Crippen molar-refractivity contribution in [1.82, 2.24) is 10.2 Å². The van der Waals surface area contributed by atoms with E-state index in [0.29, 0.717) is 78.7 Å². The number of unbranched alkanes of at least 4 members (excludes halogenated alkanes) is 3. The number of terminal acetylenes is 1. The number of carbonyl (C=O) groups excluding carboxylic acids is 3. The Morgan fingerprint density at radius 1 is 0.793 bits per heavy atom. The Morgan fingerprint density at radius 3 is 1.89 bits per heavy atom. The fourth-order valence-corrected chi connectivity index (χ4v) is 10.3. The molecule has 18 nitrogen and oxygen atoms in total. The van der Waals surface area contributed by atoms with Crippen LogP contribution in [0.15, 0.2) is 94.9 Å². The average Bonchev–Trinajstić information content (AvgIpc) is 3.38. The number of nitrogens with two attached hydrogens (primary N) is 1. The van der Waals surface area contributed by atoms with Crippen LogP contribution in [0.3, 0.4) is 0 Å². The van der Waals surface area contributed by atoms with Crippen LogP contribution >= 0.6 is 24.1 Å². The number of imide groups is 1. The molecule has 2 aliphatic heterocycles. The fourth-order valence-electron chi connectivity index (χ4n) is 8.23. The van der Waals surface area contributed by atoms with Crippen molar-refractivity contribution >= 4 is 73.4 Å². The zero-order chi connectivity index (χ0) is 62.0. The highest BCUT2D eigenvalue weighted by atomic mass is 32.2. The van der Waals surface area contributed by atoms with Crippen LogP contribution in [0.2, 0.25) is 0 Å². The summed E-state index contributed by atoms with van der Waals surface area (Å²) in [5, 5.41) is 4.86. The molecule has 0 unspecified atom stereocenters. The lowest BCUT2D eigenvalue weighted by Gasteiger charge is -2.26. The summed E-state index contributed by atoms with van der Waals surface area (Å²) in [6, 6.07) is 12.2. The predicted octanol–water partition coefficient (Wildman–Crippen LogP) is 9.73. The second-order valence-corrected chi connectivity index (χ2v) is 24.8. The van der Waals surface area contributed by atoms with Crippen molar-refractivity contribution in [1.29, 1.82) is 0 Å². The molecule has 2 aliphatic rings. The van der Waals surface area contributed by atoms with Gasteiger partial charge in [-0.2, -0.15) is 16.8 Å². The molecule has 3 amide bonds. The summed E-state index contributed by atoms with van der Waals surface area (Å²) in [6.07, 6.45) is 22.3. The Morgan fingerprint density at radius 2 is 1.34 bits per heavy atom. The van der Waals surface area contributed by atoms with Gasteiger partial charge >= 0.3 is 0 Å². The predicted molar refractivity (Wildman–Crippen MR) is 333 cm³/mol. The Labute approximate surface area is 501 Å². The molecule has 0 bridgehead atoms. The van der Waals surface area contributed by atoms with Crippen LogP contribution in [-0.4, -0.2) is 145 Å². The summed E-state index contributed by atoms with van der Waals surface area (Å²) >= 11 is 2.63. The number of hydrogen-bond acceptors (Lipinski definition) is 17. The molecule has 2 aromatic carbocycles. The van der Waals surface area contributed by atoms with Crippen LogP contribution < -0.4 is 15.5 Å². The van der Waals surface area contributed by atoms with E-state index in [1.165, 1.54) is 73.8 Å². The molecule has 0 aromatic heterocycles. The van der Waals surface area contributed by atoms with Gasteiger partial charge in [-0.1, -0.05) is 98.6 Å². The highest BCUT2D eigenvalue weighted by molar-refractivity contribution is 7.95. The molecular formula is C60H97N4O14S4+. The first-order valence-electron chi connectivity index (χ1n) is 27.8. The van der Waals surface area contributed by atoms with E-state index in [1.807, 2.05) is 62.5 Å². The molecule has 0 radical (unpaired) electrons. The van der Waals surface area contributed by atoms with Gasteiger partial charge in [0.2, 0.25) is 5.91 Å². The van der Waals surface area contributed by atoms with Gasteiger partial charge in [-0.15, -0.1) is 12.3 Å². The van der Waals surface area contributed by atoms with Gasteiger partial charge in [-0.25, -0.2) is 0 Å². The van der Waals surface area contributed by atoms with Crippen molar-refractivity contribution in [2.45, 2.75) is 134 Å². The minimum Gasteiger partial charge on any atom is -0.379 e. The third kappa shape index (κ3) is 31.0. The molecule has 0 spiro atoms. The molecule has 464 valence electrons. The molecule has 2 aromatic rings. The van der Waals surface area contributed by atoms with Gasteiger partial charge in [0.25, 0.3) is 32.1 Å². The Balaban J connectivity index is 0.00000116. The average molecular weight is 1230 g/mol. The SMILES string of the molecule is C#CC.C=C/C=C/CC(C)(C)c1cc(SOC)ccc1[NH2+]CCS(=O)(=O)OC.CC.CC=C1N(CCS(=O)(=O)OC)c2ccc(SOC)cc2C1(C)C.CCCCCCC(=O)NCCCOCCOCCOCCCN1C(=O)C=CC1=O. The molecule has 0 atom stereocenters. The summed E-state index contributed by atoms with van der Waals surface area (Å²) in [7, 11) is -1.28. The number of fused-ring (bicyclic) bond motifs is 1. The lowest BCUT2D eigenvalue weighted by atomic mass is 9.80. The van der Waals surface area contributed by atoms with Crippen molar-refractivity contribution in [3.05, 3.63) is 96.3 Å². The first-order valence-corrected chi connectivity index (χ1v) is 32.5. The van der Waals surface area contributed by atoms with Crippen molar-refractivity contribution in [2.24, 2.45) is 0 Å². The third-order valence-corrected chi connectivity index (χ3v) is 16.0. The number of benzene rings is 2. The molecule has 2 heterocycles. The van der Waals surface area contributed by atoms with E-state index < -0.39 is 20.2 Å². The molecule has 22 heteroatoms. The number of ether oxygens (including phenoxy) is 3. The number of quaternary nitrogens is 1. The minimum atomic E-state index is -3.49. The van der Waals surface area contributed by atoms with E-state index in [0.717, 1.165) is 58.1 Å². The number of nitrogens with zero attached hydrogens (tertiary/aromatic N) is 2. The number of amides is 3. The van der Waals surface area contributed by atoms with Crippen LogP contribution in [0.5, 0.6) is 0 Å². The second kappa shape index (κ2) is 44.2. The number of allylic oxidation sites excluding steroid dienone is 5. The topological polar surface area (TPSA) is 219 Å². The highest BCUT2D eigenvalue weighted by Gasteiger charge is 2.40. The second-order valence-electron chi connectivity index (χ2n) is 19.1. The number of carbonyl (C=O) groups is 3.